The Labute approximate surface area is 119 Å². The second kappa shape index (κ2) is 5.20. The number of halogens is 1. The maximum Gasteiger partial charge on any atom is 0.258 e. The van der Waals surface area contributed by atoms with Crippen molar-refractivity contribution in [3.63, 3.8) is 0 Å². The second-order valence-corrected chi connectivity index (χ2v) is 4.47. The van der Waals surface area contributed by atoms with E-state index in [1.165, 1.54) is 4.57 Å². The number of benzene rings is 1. The molecule has 0 bridgehead atoms. The Hall–Kier alpha value is -2.95. The van der Waals surface area contributed by atoms with Gasteiger partial charge in [-0.15, -0.1) is 0 Å². The van der Waals surface area contributed by atoms with Crippen molar-refractivity contribution in [1.29, 1.82) is 0 Å². The summed E-state index contributed by atoms with van der Waals surface area (Å²) in [6, 6.07) is 14.8. The lowest BCUT2D eigenvalue weighted by Gasteiger charge is -2.08. The van der Waals surface area contributed by atoms with Gasteiger partial charge in [0.15, 0.2) is 11.6 Å². The molecule has 3 rings (SSSR count). The van der Waals surface area contributed by atoms with E-state index in [2.05, 4.69) is 4.98 Å². The van der Waals surface area contributed by atoms with Gasteiger partial charge in [0.1, 0.15) is 5.82 Å². The maximum absolute atomic E-state index is 13.4. The summed E-state index contributed by atoms with van der Waals surface area (Å²) in [5.41, 5.74) is 0.613. The molecule has 0 radical (unpaired) electrons. The summed E-state index contributed by atoms with van der Waals surface area (Å²) in [7, 11) is 0. The molecule has 104 valence electrons. The van der Waals surface area contributed by atoms with Gasteiger partial charge in [-0.2, -0.15) is 0 Å². The zero-order valence-electron chi connectivity index (χ0n) is 10.9. The first-order valence-electron chi connectivity index (χ1n) is 6.29. The summed E-state index contributed by atoms with van der Waals surface area (Å²) in [6.45, 7) is 0. The molecule has 2 heterocycles. The van der Waals surface area contributed by atoms with Crippen molar-refractivity contribution < 1.29 is 9.50 Å². The average Bonchev–Trinajstić information content (AvgIpc) is 2.53. The Kier molecular flexibility index (Phi) is 3.23. The molecule has 4 nitrogen and oxygen atoms in total. The van der Waals surface area contributed by atoms with Crippen LogP contribution in [0.1, 0.15) is 0 Å². The predicted molar refractivity (Wildman–Crippen MR) is 76.9 cm³/mol. The van der Waals surface area contributed by atoms with Gasteiger partial charge in [-0.05, 0) is 12.1 Å². The Morgan fingerprint density at radius 2 is 1.76 bits per heavy atom. The number of aromatic nitrogens is 2. The van der Waals surface area contributed by atoms with Crippen molar-refractivity contribution in [2.24, 2.45) is 0 Å². The van der Waals surface area contributed by atoms with Gasteiger partial charge in [-0.3, -0.25) is 4.79 Å². The van der Waals surface area contributed by atoms with Crippen LogP contribution in [0.15, 0.2) is 65.7 Å². The van der Waals surface area contributed by atoms with Crippen LogP contribution >= 0.6 is 0 Å². The molecule has 1 N–H and O–H groups in total. The number of hydrogen-bond donors (Lipinski definition) is 1. The normalized spacial score (nSPS) is 10.5. The zero-order chi connectivity index (χ0) is 14.8. The van der Waals surface area contributed by atoms with Gasteiger partial charge in [0.25, 0.3) is 5.43 Å². The molecule has 0 spiro atoms. The molecule has 0 aliphatic rings. The lowest BCUT2D eigenvalue weighted by Crippen LogP contribution is -2.10. The van der Waals surface area contributed by atoms with Crippen LogP contribution in [0.5, 0.6) is 5.75 Å². The number of rotatable bonds is 2. The third-order valence-electron chi connectivity index (χ3n) is 3.03. The summed E-state index contributed by atoms with van der Waals surface area (Å²) < 4.78 is 14.7. The summed E-state index contributed by atoms with van der Waals surface area (Å²) >= 11 is 0. The van der Waals surface area contributed by atoms with Gasteiger partial charge in [-0.1, -0.05) is 36.4 Å². The van der Waals surface area contributed by atoms with Gasteiger partial charge in [-0.25, -0.2) is 9.37 Å². The molecular weight excluding hydrogens is 271 g/mol. The van der Waals surface area contributed by atoms with E-state index in [9.17, 15) is 14.3 Å². The van der Waals surface area contributed by atoms with Gasteiger partial charge in [0.05, 0.1) is 18.1 Å². The Bertz CT molecular complexity index is 818. The smallest absolute Gasteiger partial charge is 0.258 e. The molecule has 0 aliphatic heterocycles. The molecule has 21 heavy (non-hydrogen) atoms. The molecule has 0 fully saturated rings. The van der Waals surface area contributed by atoms with Crippen LogP contribution in [-0.2, 0) is 0 Å². The summed E-state index contributed by atoms with van der Waals surface area (Å²) in [5, 5.41) is 9.43. The molecule has 0 unspecified atom stereocenters. The van der Waals surface area contributed by atoms with E-state index in [0.29, 0.717) is 11.5 Å². The van der Waals surface area contributed by atoms with Crippen molar-refractivity contribution >= 4 is 0 Å². The number of aromatic hydroxyl groups is 1. The van der Waals surface area contributed by atoms with Crippen molar-refractivity contribution in [1.82, 2.24) is 9.55 Å². The molecular formula is C16H11FN2O2. The van der Waals surface area contributed by atoms with Crippen LogP contribution in [0, 0.1) is 5.82 Å². The van der Waals surface area contributed by atoms with Crippen molar-refractivity contribution in [3.05, 3.63) is 77.0 Å². The predicted octanol–water partition coefficient (Wildman–Crippen LogP) is 2.74. The van der Waals surface area contributed by atoms with Gasteiger partial charge < -0.3 is 9.67 Å². The third kappa shape index (κ3) is 2.53. The van der Waals surface area contributed by atoms with E-state index in [-0.39, 0.29) is 0 Å². The number of hydrogen-bond acceptors (Lipinski definition) is 3. The topological polar surface area (TPSA) is 55.1 Å². The molecule has 5 heteroatoms. The Morgan fingerprint density at radius 3 is 2.48 bits per heavy atom. The summed E-state index contributed by atoms with van der Waals surface area (Å²) in [6.07, 6.45) is 2.14. The van der Waals surface area contributed by atoms with Gasteiger partial charge in [0.2, 0.25) is 0 Å². The minimum Gasteiger partial charge on any atom is -0.503 e. The first kappa shape index (κ1) is 13.1. The van der Waals surface area contributed by atoms with Crippen LogP contribution in [0.2, 0.25) is 0 Å². The van der Waals surface area contributed by atoms with E-state index in [4.69, 9.17) is 0 Å². The fraction of sp³-hybridized carbons (Fsp3) is 0. The third-order valence-corrected chi connectivity index (χ3v) is 3.03. The van der Waals surface area contributed by atoms with Crippen LogP contribution in [0.4, 0.5) is 4.39 Å². The lowest BCUT2D eigenvalue weighted by molar-refractivity contribution is 0.454. The highest BCUT2D eigenvalue weighted by molar-refractivity contribution is 5.59. The summed E-state index contributed by atoms with van der Waals surface area (Å²) in [5.74, 6) is -1.27. The van der Waals surface area contributed by atoms with E-state index in [1.807, 2.05) is 36.4 Å². The van der Waals surface area contributed by atoms with Crippen LogP contribution in [0.3, 0.4) is 0 Å². The summed E-state index contributed by atoms with van der Waals surface area (Å²) in [4.78, 5) is 15.6. The molecule has 0 aliphatic carbocycles. The van der Waals surface area contributed by atoms with Crippen molar-refractivity contribution in [2.45, 2.75) is 0 Å². The minimum atomic E-state index is -1.03. The van der Waals surface area contributed by atoms with Gasteiger partial charge in [0, 0.05) is 5.56 Å². The van der Waals surface area contributed by atoms with E-state index in [0.717, 1.165) is 18.0 Å². The van der Waals surface area contributed by atoms with E-state index >= 15 is 0 Å². The largest absolute Gasteiger partial charge is 0.503 e. The maximum atomic E-state index is 13.4. The molecule has 0 atom stereocenters. The highest BCUT2D eigenvalue weighted by Crippen LogP contribution is 2.18. The van der Waals surface area contributed by atoms with Crippen molar-refractivity contribution in [2.75, 3.05) is 0 Å². The zero-order valence-corrected chi connectivity index (χ0v) is 10.9. The number of pyridine rings is 2. The standard InChI is InChI=1S/C16H11FN2O2/c17-12-9-19(10-14(20)16(12)21)15-8-4-7-13(18-15)11-5-2-1-3-6-11/h1-10,20H. The Morgan fingerprint density at radius 1 is 1.00 bits per heavy atom. The monoisotopic (exact) mass is 282 g/mol. The van der Waals surface area contributed by atoms with Crippen LogP contribution in [0.25, 0.3) is 17.1 Å². The average molecular weight is 282 g/mol. The molecule has 3 aromatic rings. The SMILES string of the molecule is O=c1c(O)cn(-c2cccc(-c3ccccc3)n2)cc1F. The highest BCUT2D eigenvalue weighted by atomic mass is 19.1. The molecule has 0 amide bonds. The number of nitrogens with zero attached hydrogens (tertiary/aromatic N) is 2. The first-order valence-corrected chi connectivity index (χ1v) is 6.29. The van der Waals surface area contributed by atoms with Crippen LogP contribution in [-0.4, -0.2) is 14.7 Å². The molecule has 0 saturated carbocycles. The molecule has 0 saturated heterocycles. The fourth-order valence-corrected chi connectivity index (χ4v) is 2.00. The fourth-order valence-electron chi connectivity index (χ4n) is 2.00. The highest BCUT2D eigenvalue weighted by Gasteiger charge is 2.08. The van der Waals surface area contributed by atoms with E-state index in [1.54, 1.807) is 12.1 Å². The van der Waals surface area contributed by atoms with E-state index < -0.39 is 17.0 Å². The van der Waals surface area contributed by atoms with Crippen molar-refractivity contribution in [3.8, 4) is 22.8 Å². The quantitative estimate of drug-likeness (QED) is 0.786. The lowest BCUT2D eigenvalue weighted by atomic mass is 10.1. The Balaban J connectivity index is 2.11. The molecule has 1 aromatic carbocycles. The minimum absolute atomic E-state index is 0.408. The van der Waals surface area contributed by atoms with Crippen LogP contribution < -0.4 is 5.43 Å². The second-order valence-electron chi connectivity index (χ2n) is 4.47. The molecule has 2 aromatic heterocycles. The first-order chi connectivity index (χ1) is 10.1. The van der Waals surface area contributed by atoms with Gasteiger partial charge >= 0.3 is 0 Å².